The Hall–Kier alpha value is -3.88. The highest BCUT2D eigenvalue weighted by Gasteiger charge is 2.12. The maximum Gasteiger partial charge on any atom is 0.271 e. The van der Waals surface area contributed by atoms with Crippen LogP contribution in [0.1, 0.15) is 10.4 Å². The molecule has 0 saturated heterocycles. The van der Waals surface area contributed by atoms with E-state index in [2.05, 4.69) is 30.9 Å². The van der Waals surface area contributed by atoms with E-state index in [0.717, 1.165) is 0 Å². The molecule has 1 amide bonds. The lowest BCUT2D eigenvalue weighted by atomic mass is 10.3. The van der Waals surface area contributed by atoms with E-state index in [1.807, 2.05) is 0 Å². The summed E-state index contributed by atoms with van der Waals surface area (Å²) in [6.45, 7) is 0. The van der Waals surface area contributed by atoms with Gasteiger partial charge in [-0.15, -0.1) is 0 Å². The normalized spacial score (nSPS) is 10.7. The summed E-state index contributed by atoms with van der Waals surface area (Å²) in [7, 11) is 0. The zero-order valence-electron chi connectivity index (χ0n) is 13.3. The summed E-state index contributed by atoms with van der Waals surface area (Å²) < 4.78 is 14.7. The standard InChI is InChI=1S/C17H12FN7O/c18-12-3-5-13(6-4-12)25-16-14(9-22-25)15(20-10-21-16)23-24-17(26)11-2-1-7-19-8-11/h1-10H,(H,24,26)(H,20,21,23). The van der Waals surface area contributed by atoms with Crippen LogP contribution < -0.4 is 10.9 Å². The number of carbonyl (C=O) groups excluding carboxylic acids is 1. The Morgan fingerprint density at radius 2 is 1.92 bits per heavy atom. The smallest absolute Gasteiger partial charge is 0.271 e. The van der Waals surface area contributed by atoms with E-state index in [1.165, 1.54) is 24.7 Å². The summed E-state index contributed by atoms with van der Waals surface area (Å²) >= 11 is 0. The van der Waals surface area contributed by atoms with Crippen molar-refractivity contribution >= 4 is 22.8 Å². The zero-order chi connectivity index (χ0) is 17.9. The number of halogens is 1. The molecule has 0 unspecified atom stereocenters. The molecule has 4 aromatic rings. The van der Waals surface area contributed by atoms with Crippen molar-refractivity contribution in [3.8, 4) is 5.69 Å². The van der Waals surface area contributed by atoms with Gasteiger partial charge in [-0.2, -0.15) is 5.10 Å². The molecule has 2 N–H and O–H groups in total. The number of nitrogens with one attached hydrogen (secondary N) is 2. The average Bonchev–Trinajstić information content (AvgIpc) is 3.12. The van der Waals surface area contributed by atoms with Crippen LogP contribution in [0.3, 0.4) is 0 Å². The van der Waals surface area contributed by atoms with Crippen molar-refractivity contribution in [1.29, 1.82) is 0 Å². The third-order valence-corrected chi connectivity index (χ3v) is 3.66. The second-order valence-electron chi connectivity index (χ2n) is 5.31. The first-order valence-electron chi connectivity index (χ1n) is 7.63. The molecule has 0 atom stereocenters. The number of carbonyl (C=O) groups is 1. The molecule has 128 valence electrons. The van der Waals surface area contributed by atoms with Crippen LogP contribution in [0, 0.1) is 5.82 Å². The Bertz CT molecular complexity index is 1060. The van der Waals surface area contributed by atoms with Crippen molar-refractivity contribution in [2.45, 2.75) is 0 Å². The number of fused-ring (bicyclic) bond motifs is 1. The number of hydrogen-bond acceptors (Lipinski definition) is 6. The van der Waals surface area contributed by atoms with Gasteiger partial charge < -0.3 is 0 Å². The molecule has 4 rings (SSSR count). The lowest BCUT2D eigenvalue weighted by Gasteiger charge is -2.08. The van der Waals surface area contributed by atoms with Crippen LogP contribution in [0.4, 0.5) is 10.2 Å². The van der Waals surface area contributed by atoms with Gasteiger partial charge in [0.25, 0.3) is 5.91 Å². The van der Waals surface area contributed by atoms with Gasteiger partial charge >= 0.3 is 0 Å². The van der Waals surface area contributed by atoms with E-state index in [0.29, 0.717) is 28.1 Å². The Kier molecular flexibility index (Phi) is 3.94. The van der Waals surface area contributed by atoms with Gasteiger partial charge in [0.15, 0.2) is 11.5 Å². The van der Waals surface area contributed by atoms with E-state index >= 15 is 0 Å². The molecule has 0 spiro atoms. The number of pyridine rings is 1. The molecule has 1 aromatic carbocycles. The number of hydrogen-bond donors (Lipinski definition) is 2. The molecule has 8 nitrogen and oxygen atoms in total. The predicted molar refractivity (Wildman–Crippen MR) is 91.9 cm³/mol. The minimum atomic E-state index is -0.351. The van der Waals surface area contributed by atoms with E-state index in [-0.39, 0.29) is 11.7 Å². The van der Waals surface area contributed by atoms with Gasteiger partial charge in [0.1, 0.15) is 12.1 Å². The summed E-state index contributed by atoms with van der Waals surface area (Å²) in [4.78, 5) is 24.3. The first-order chi connectivity index (χ1) is 12.7. The van der Waals surface area contributed by atoms with Crippen LogP contribution >= 0.6 is 0 Å². The number of rotatable bonds is 4. The summed E-state index contributed by atoms with van der Waals surface area (Å²) in [6, 6.07) is 9.20. The maximum absolute atomic E-state index is 13.1. The highest BCUT2D eigenvalue weighted by atomic mass is 19.1. The summed E-state index contributed by atoms with van der Waals surface area (Å²) in [5.74, 6) is -0.295. The molecule has 26 heavy (non-hydrogen) atoms. The van der Waals surface area contributed by atoms with Gasteiger partial charge in [0.05, 0.1) is 22.8 Å². The van der Waals surface area contributed by atoms with Gasteiger partial charge in [-0.25, -0.2) is 19.0 Å². The Labute approximate surface area is 146 Å². The van der Waals surface area contributed by atoms with Crippen molar-refractivity contribution in [1.82, 2.24) is 30.2 Å². The van der Waals surface area contributed by atoms with Crippen LogP contribution in [0.25, 0.3) is 16.7 Å². The molecule has 0 aliphatic heterocycles. The van der Waals surface area contributed by atoms with Crippen molar-refractivity contribution in [3.05, 3.63) is 72.7 Å². The fraction of sp³-hybridized carbons (Fsp3) is 0. The van der Waals surface area contributed by atoms with Crippen molar-refractivity contribution in [2.75, 3.05) is 5.43 Å². The number of hydrazine groups is 1. The number of anilines is 1. The first kappa shape index (κ1) is 15.6. The lowest BCUT2D eigenvalue weighted by molar-refractivity contribution is 0.0962. The molecule has 0 radical (unpaired) electrons. The predicted octanol–water partition coefficient (Wildman–Crippen LogP) is 2.11. The summed E-state index contributed by atoms with van der Waals surface area (Å²) in [5, 5.41) is 4.87. The molecular weight excluding hydrogens is 337 g/mol. The number of aromatic nitrogens is 5. The third-order valence-electron chi connectivity index (χ3n) is 3.66. The molecular formula is C17H12FN7O. The SMILES string of the molecule is O=C(NNc1ncnc2c1cnn2-c1ccc(F)cc1)c1cccnc1. The molecule has 0 bridgehead atoms. The van der Waals surface area contributed by atoms with Crippen LogP contribution in [-0.4, -0.2) is 30.6 Å². The molecule has 0 fully saturated rings. The molecule has 0 aliphatic rings. The van der Waals surface area contributed by atoms with Gasteiger partial charge in [-0.3, -0.25) is 20.6 Å². The molecule has 0 saturated carbocycles. The quantitative estimate of drug-likeness (QED) is 0.548. The summed E-state index contributed by atoms with van der Waals surface area (Å²) in [6.07, 6.45) is 5.96. The fourth-order valence-corrected chi connectivity index (χ4v) is 2.40. The van der Waals surface area contributed by atoms with Crippen molar-refractivity contribution in [2.24, 2.45) is 0 Å². The lowest BCUT2D eigenvalue weighted by Crippen LogP contribution is -2.30. The Morgan fingerprint density at radius 1 is 1.08 bits per heavy atom. The third kappa shape index (κ3) is 2.93. The monoisotopic (exact) mass is 349 g/mol. The number of nitrogens with zero attached hydrogens (tertiary/aromatic N) is 5. The van der Waals surface area contributed by atoms with Gasteiger partial charge in [-0.1, -0.05) is 0 Å². The molecule has 3 heterocycles. The molecule has 3 aromatic heterocycles. The Morgan fingerprint density at radius 3 is 2.69 bits per heavy atom. The van der Waals surface area contributed by atoms with Gasteiger partial charge in [0.2, 0.25) is 0 Å². The van der Waals surface area contributed by atoms with Crippen LogP contribution in [0.15, 0.2) is 61.3 Å². The summed E-state index contributed by atoms with van der Waals surface area (Å²) in [5.41, 5.74) is 6.91. The number of amides is 1. The van der Waals surface area contributed by atoms with Crippen molar-refractivity contribution in [3.63, 3.8) is 0 Å². The highest BCUT2D eigenvalue weighted by molar-refractivity contribution is 5.95. The van der Waals surface area contributed by atoms with Gasteiger partial charge in [0, 0.05) is 12.4 Å². The number of benzene rings is 1. The van der Waals surface area contributed by atoms with E-state index in [1.54, 1.807) is 41.3 Å². The second-order valence-corrected chi connectivity index (χ2v) is 5.31. The maximum atomic E-state index is 13.1. The van der Waals surface area contributed by atoms with Crippen LogP contribution in [0.5, 0.6) is 0 Å². The van der Waals surface area contributed by atoms with Crippen molar-refractivity contribution < 1.29 is 9.18 Å². The highest BCUT2D eigenvalue weighted by Crippen LogP contribution is 2.21. The minimum Gasteiger partial charge on any atom is -0.281 e. The van der Waals surface area contributed by atoms with E-state index < -0.39 is 0 Å². The van der Waals surface area contributed by atoms with Crippen LogP contribution in [0.2, 0.25) is 0 Å². The zero-order valence-corrected chi connectivity index (χ0v) is 13.3. The minimum absolute atomic E-state index is 0.333. The average molecular weight is 349 g/mol. The molecule has 0 aliphatic carbocycles. The first-order valence-corrected chi connectivity index (χ1v) is 7.63. The second kappa shape index (κ2) is 6.55. The fourth-order valence-electron chi connectivity index (χ4n) is 2.40. The van der Waals surface area contributed by atoms with Gasteiger partial charge in [-0.05, 0) is 36.4 Å². The topological polar surface area (TPSA) is 97.6 Å². The largest absolute Gasteiger partial charge is 0.281 e. The molecule has 9 heteroatoms. The Balaban J connectivity index is 1.61. The van der Waals surface area contributed by atoms with Crippen LogP contribution in [-0.2, 0) is 0 Å². The van der Waals surface area contributed by atoms with E-state index in [4.69, 9.17) is 0 Å². The van der Waals surface area contributed by atoms with E-state index in [9.17, 15) is 9.18 Å².